The van der Waals surface area contributed by atoms with Gasteiger partial charge in [-0.15, -0.1) is 11.3 Å². The van der Waals surface area contributed by atoms with E-state index >= 15 is 0 Å². The zero-order chi connectivity index (χ0) is 12.4. The third kappa shape index (κ3) is 2.65. The Labute approximate surface area is 111 Å². The number of halogens is 1. The molecule has 2 aromatic rings. The molecule has 0 aliphatic heterocycles. The average molecular weight is 312 g/mol. The van der Waals surface area contributed by atoms with Crippen molar-refractivity contribution in [3.05, 3.63) is 39.1 Å². The summed E-state index contributed by atoms with van der Waals surface area (Å²) < 4.78 is 0.935. The number of anilines is 2. The maximum absolute atomic E-state index is 12.1. The highest BCUT2D eigenvalue weighted by atomic mass is 79.9. The summed E-state index contributed by atoms with van der Waals surface area (Å²) in [6, 6.07) is 7.08. The molecule has 0 unspecified atom stereocenters. The van der Waals surface area contributed by atoms with Crippen molar-refractivity contribution in [2.45, 2.75) is 0 Å². The Kier molecular flexibility index (Phi) is 3.44. The Morgan fingerprint density at radius 2 is 2.18 bits per heavy atom. The Bertz CT molecular complexity index is 538. The topological polar surface area (TPSA) is 59.2 Å². The first-order chi connectivity index (χ1) is 8.08. The van der Waals surface area contributed by atoms with Gasteiger partial charge in [0, 0.05) is 7.05 Å². The first-order valence-corrected chi connectivity index (χ1v) is 6.44. The molecule has 0 spiro atoms. The number of rotatable bonds is 2. The molecule has 2 rings (SSSR count). The number of pyridine rings is 1. The van der Waals surface area contributed by atoms with Crippen LogP contribution in [0.15, 0.2) is 34.2 Å². The minimum absolute atomic E-state index is 0.0627. The smallest absolute Gasteiger partial charge is 0.268 e. The van der Waals surface area contributed by atoms with Crippen molar-refractivity contribution >= 4 is 44.7 Å². The second kappa shape index (κ2) is 4.85. The highest BCUT2D eigenvalue weighted by Gasteiger charge is 2.15. The van der Waals surface area contributed by atoms with Crippen LogP contribution in [0.4, 0.5) is 11.5 Å². The molecule has 2 aromatic heterocycles. The molecule has 6 heteroatoms. The fourth-order valence-corrected chi connectivity index (χ4v) is 2.67. The van der Waals surface area contributed by atoms with E-state index < -0.39 is 0 Å². The quantitative estimate of drug-likeness (QED) is 0.927. The van der Waals surface area contributed by atoms with E-state index in [0.717, 1.165) is 3.79 Å². The largest absolute Gasteiger partial charge is 0.384 e. The molecule has 0 fully saturated rings. The summed E-state index contributed by atoms with van der Waals surface area (Å²) in [5.74, 6) is 0.376. The lowest BCUT2D eigenvalue weighted by Crippen LogP contribution is -2.25. The van der Waals surface area contributed by atoms with E-state index in [1.165, 1.54) is 11.3 Å². The third-order valence-electron chi connectivity index (χ3n) is 2.25. The van der Waals surface area contributed by atoms with Gasteiger partial charge in [-0.25, -0.2) is 4.98 Å². The number of carbonyl (C=O) groups is 1. The van der Waals surface area contributed by atoms with Crippen LogP contribution >= 0.6 is 27.3 Å². The minimum atomic E-state index is -0.0627. The number of amides is 1. The molecule has 0 bridgehead atoms. The molecule has 0 saturated heterocycles. The molecular weight excluding hydrogens is 302 g/mol. The molecule has 4 nitrogen and oxygen atoms in total. The molecule has 0 radical (unpaired) electrons. The maximum Gasteiger partial charge on any atom is 0.268 e. The van der Waals surface area contributed by atoms with Crippen molar-refractivity contribution in [2.75, 3.05) is 17.7 Å². The van der Waals surface area contributed by atoms with E-state index in [9.17, 15) is 4.79 Å². The van der Waals surface area contributed by atoms with Crippen molar-refractivity contribution in [2.24, 2.45) is 0 Å². The lowest BCUT2D eigenvalue weighted by atomic mass is 10.3. The summed E-state index contributed by atoms with van der Waals surface area (Å²) in [6.07, 6.45) is 1.58. The number of carbonyl (C=O) groups excluding carboxylic acids is 1. The molecule has 1 amide bonds. The Balaban J connectivity index is 2.23. The number of thiophene rings is 1. The molecule has 17 heavy (non-hydrogen) atoms. The fourth-order valence-electron chi connectivity index (χ4n) is 1.31. The summed E-state index contributed by atoms with van der Waals surface area (Å²) in [7, 11) is 1.71. The number of nitrogen functional groups attached to an aromatic ring is 1. The van der Waals surface area contributed by atoms with Gasteiger partial charge in [0.15, 0.2) is 0 Å². The SMILES string of the molecule is CN(C(=O)c1ccc(Br)s1)c1ccc(N)nc1. The Morgan fingerprint density at radius 1 is 1.41 bits per heavy atom. The monoisotopic (exact) mass is 311 g/mol. The molecular formula is C11H10BrN3OS. The molecule has 0 atom stereocenters. The van der Waals surface area contributed by atoms with Crippen LogP contribution in [0, 0.1) is 0 Å². The molecule has 0 aliphatic carbocycles. The number of hydrogen-bond acceptors (Lipinski definition) is 4. The second-order valence-corrected chi connectivity index (χ2v) is 5.87. The van der Waals surface area contributed by atoms with Crippen LogP contribution in [0.3, 0.4) is 0 Å². The van der Waals surface area contributed by atoms with Gasteiger partial charge < -0.3 is 10.6 Å². The molecule has 2 N–H and O–H groups in total. The van der Waals surface area contributed by atoms with Gasteiger partial charge in [0.1, 0.15) is 5.82 Å². The van der Waals surface area contributed by atoms with E-state index in [-0.39, 0.29) is 5.91 Å². The van der Waals surface area contributed by atoms with Gasteiger partial charge in [0.25, 0.3) is 5.91 Å². The van der Waals surface area contributed by atoms with Gasteiger partial charge in [-0.2, -0.15) is 0 Å². The summed E-state index contributed by atoms with van der Waals surface area (Å²) in [4.78, 5) is 18.3. The molecule has 88 valence electrons. The van der Waals surface area contributed by atoms with Crippen LogP contribution in [0.5, 0.6) is 0 Å². The van der Waals surface area contributed by atoms with Gasteiger partial charge in [0.2, 0.25) is 0 Å². The highest BCUT2D eigenvalue weighted by molar-refractivity contribution is 9.11. The van der Waals surface area contributed by atoms with Gasteiger partial charge in [0.05, 0.1) is 20.5 Å². The second-order valence-electron chi connectivity index (χ2n) is 3.41. The van der Waals surface area contributed by atoms with Crippen molar-refractivity contribution in [3.8, 4) is 0 Å². The zero-order valence-corrected chi connectivity index (χ0v) is 11.5. The van der Waals surface area contributed by atoms with Crippen LogP contribution in [0.1, 0.15) is 9.67 Å². The normalized spacial score (nSPS) is 10.2. The van der Waals surface area contributed by atoms with E-state index in [1.54, 1.807) is 36.3 Å². The van der Waals surface area contributed by atoms with Gasteiger partial charge in [-0.1, -0.05) is 0 Å². The fraction of sp³-hybridized carbons (Fsp3) is 0.0909. The number of aromatic nitrogens is 1. The van der Waals surface area contributed by atoms with E-state index in [4.69, 9.17) is 5.73 Å². The van der Waals surface area contributed by atoms with Gasteiger partial charge >= 0.3 is 0 Å². The number of nitrogens with zero attached hydrogens (tertiary/aromatic N) is 2. The van der Waals surface area contributed by atoms with Gasteiger partial charge in [-0.3, -0.25) is 4.79 Å². The highest BCUT2D eigenvalue weighted by Crippen LogP contribution is 2.24. The van der Waals surface area contributed by atoms with Crippen LogP contribution in [0.25, 0.3) is 0 Å². The summed E-state index contributed by atoms with van der Waals surface area (Å²) in [6.45, 7) is 0. The number of nitrogens with two attached hydrogens (primary N) is 1. The Morgan fingerprint density at radius 3 is 2.71 bits per heavy atom. The van der Waals surface area contributed by atoms with E-state index in [1.807, 2.05) is 6.07 Å². The minimum Gasteiger partial charge on any atom is -0.384 e. The summed E-state index contributed by atoms with van der Waals surface area (Å²) in [5, 5.41) is 0. The average Bonchev–Trinajstić information content (AvgIpc) is 2.75. The van der Waals surface area contributed by atoms with Crippen molar-refractivity contribution < 1.29 is 4.79 Å². The van der Waals surface area contributed by atoms with Crippen LogP contribution in [-0.2, 0) is 0 Å². The maximum atomic E-state index is 12.1. The first kappa shape index (κ1) is 12.1. The summed E-state index contributed by atoms with van der Waals surface area (Å²) in [5.41, 5.74) is 6.22. The van der Waals surface area contributed by atoms with Crippen LogP contribution < -0.4 is 10.6 Å². The predicted octanol–water partition coefficient (Wildman–Crippen LogP) is 2.76. The zero-order valence-electron chi connectivity index (χ0n) is 9.05. The lowest BCUT2D eigenvalue weighted by molar-refractivity contribution is 0.0997. The molecule has 0 aliphatic rings. The molecule has 2 heterocycles. The van der Waals surface area contributed by atoms with Crippen molar-refractivity contribution in [1.82, 2.24) is 4.98 Å². The first-order valence-electron chi connectivity index (χ1n) is 4.83. The Hall–Kier alpha value is -1.40. The van der Waals surface area contributed by atoms with Crippen molar-refractivity contribution in [3.63, 3.8) is 0 Å². The van der Waals surface area contributed by atoms with Crippen molar-refractivity contribution in [1.29, 1.82) is 0 Å². The van der Waals surface area contributed by atoms with Crippen LogP contribution in [0.2, 0.25) is 0 Å². The molecule has 0 saturated carbocycles. The van der Waals surface area contributed by atoms with E-state index in [2.05, 4.69) is 20.9 Å². The van der Waals surface area contributed by atoms with E-state index in [0.29, 0.717) is 16.4 Å². The van der Waals surface area contributed by atoms with Gasteiger partial charge in [-0.05, 0) is 40.2 Å². The lowest BCUT2D eigenvalue weighted by Gasteiger charge is -2.15. The summed E-state index contributed by atoms with van der Waals surface area (Å²) >= 11 is 4.74. The molecule has 0 aromatic carbocycles. The number of hydrogen-bond donors (Lipinski definition) is 1. The predicted molar refractivity (Wildman–Crippen MR) is 73.4 cm³/mol. The third-order valence-corrected chi connectivity index (χ3v) is 3.86. The standard InChI is InChI=1S/C11H10BrN3OS/c1-15(7-2-5-10(13)14-6-7)11(16)8-3-4-9(12)17-8/h2-6H,1H3,(H2,13,14). The van der Waals surface area contributed by atoms with Crippen LogP contribution in [-0.4, -0.2) is 17.9 Å².